The third kappa shape index (κ3) is 5.33. The third-order valence-electron chi connectivity index (χ3n) is 4.69. The normalized spacial score (nSPS) is 23.0. The first-order valence-electron chi connectivity index (χ1n) is 8.10. The number of ether oxygens (including phenoxy) is 1. The van der Waals surface area contributed by atoms with Crippen molar-refractivity contribution in [2.45, 2.75) is 37.4 Å². The number of benzene rings is 1. The van der Waals surface area contributed by atoms with Crippen molar-refractivity contribution in [3.8, 4) is 0 Å². The van der Waals surface area contributed by atoms with Gasteiger partial charge in [-0.1, -0.05) is 30.3 Å². The molecular formula is C17H27Cl2N3O2. The summed E-state index contributed by atoms with van der Waals surface area (Å²) in [5.74, 6) is -0.0117. The first kappa shape index (κ1) is 21.2. The molecule has 3 rings (SSSR count). The van der Waals surface area contributed by atoms with E-state index in [-0.39, 0.29) is 36.8 Å². The Hall–Kier alpha value is -0.850. The number of amides is 1. The molecule has 0 bridgehead atoms. The monoisotopic (exact) mass is 375 g/mol. The molecule has 24 heavy (non-hydrogen) atoms. The van der Waals surface area contributed by atoms with Crippen LogP contribution in [-0.2, 0) is 16.1 Å². The summed E-state index contributed by atoms with van der Waals surface area (Å²) in [6, 6.07) is 10.7. The molecule has 2 saturated heterocycles. The lowest BCUT2D eigenvalue weighted by molar-refractivity contribution is -0.130. The van der Waals surface area contributed by atoms with Gasteiger partial charge in [0.05, 0.1) is 5.54 Å². The van der Waals surface area contributed by atoms with Gasteiger partial charge in [0.2, 0.25) is 5.91 Å². The molecule has 136 valence electrons. The largest absolute Gasteiger partial charge is 0.381 e. The lowest BCUT2D eigenvalue weighted by atomic mass is 9.90. The van der Waals surface area contributed by atoms with Crippen molar-refractivity contribution >= 4 is 30.7 Å². The van der Waals surface area contributed by atoms with Gasteiger partial charge in [0, 0.05) is 38.9 Å². The molecule has 1 aromatic rings. The minimum absolute atomic E-state index is 0. The Morgan fingerprint density at radius 3 is 2.58 bits per heavy atom. The number of carbonyl (C=O) groups is 1. The Kier molecular flexibility index (Phi) is 8.46. The number of rotatable bonds is 4. The van der Waals surface area contributed by atoms with Crippen LogP contribution >= 0.6 is 24.8 Å². The van der Waals surface area contributed by atoms with Crippen molar-refractivity contribution in [1.82, 2.24) is 10.2 Å². The average molecular weight is 376 g/mol. The van der Waals surface area contributed by atoms with E-state index in [9.17, 15) is 4.79 Å². The zero-order chi connectivity index (χ0) is 15.4. The van der Waals surface area contributed by atoms with Crippen LogP contribution in [0.3, 0.4) is 0 Å². The molecule has 0 radical (unpaired) electrons. The van der Waals surface area contributed by atoms with E-state index in [1.165, 1.54) is 5.56 Å². The molecular weight excluding hydrogens is 349 g/mol. The third-order valence-corrected chi connectivity index (χ3v) is 4.69. The van der Waals surface area contributed by atoms with Crippen LogP contribution in [-0.4, -0.2) is 48.7 Å². The number of hydrogen-bond donors (Lipinski definition) is 2. The highest BCUT2D eigenvalue weighted by Crippen LogP contribution is 2.19. The van der Waals surface area contributed by atoms with Gasteiger partial charge in [-0.15, -0.1) is 24.8 Å². The molecule has 0 spiro atoms. The summed E-state index contributed by atoms with van der Waals surface area (Å²) in [5.41, 5.74) is 6.80. The second kappa shape index (κ2) is 9.59. The first-order valence-corrected chi connectivity index (χ1v) is 8.10. The summed E-state index contributed by atoms with van der Waals surface area (Å²) in [6.07, 6.45) is 2.21. The smallest absolute Gasteiger partial charge is 0.240 e. The van der Waals surface area contributed by atoms with Crippen molar-refractivity contribution in [2.24, 2.45) is 5.73 Å². The Morgan fingerprint density at radius 1 is 1.25 bits per heavy atom. The van der Waals surface area contributed by atoms with Crippen LogP contribution < -0.4 is 11.1 Å². The number of likely N-dealkylation sites (tertiary alicyclic amines) is 1. The minimum atomic E-state index is -0.745. The molecule has 2 aliphatic heterocycles. The summed E-state index contributed by atoms with van der Waals surface area (Å²) in [4.78, 5) is 14.8. The highest BCUT2D eigenvalue weighted by atomic mass is 35.5. The average Bonchev–Trinajstić information content (AvgIpc) is 2.96. The molecule has 2 aliphatic rings. The van der Waals surface area contributed by atoms with E-state index in [4.69, 9.17) is 10.5 Å². The van der Waals surface area contributed by atoms with Crippen LogP contribution in [0.25, 0.3) is 0 Å². The van der Waals surface area contributed by atoms with E-state index in [0.29, 0.717) is 26.1 Å². The van der Waals surface area contributed by atoms with Crippen LogP contribution in [0.15, 0.2) is 30.3 Å². The van der Waals surface area contributed by atoms with Gasteiger partial charge in [0.25, 0.3) is 0 Å². The Balaban J connectivity index is 0.00000144. The lowest BCUT2D eigenvalue weighted by Gasteiger charge is -2.32. The summed E-state index contributed by atoms with van der Waals surface area (Å²) in [7, 11) is 0. The van der Waals surface area contributed by atoms with E-state index < -0.39 is 5.54 Å². The van der Waals surface area contributed by atoms with E-state index in [0.717, 1.165) is 26.1 Å². The predicted molar refractivity (Wildman–Crippen MR) is 99.7 cm³/mol. The fourth-order valence-electron chi connectivity index (χ4n) is 3.23. The second-order valence-corrected chi connectivity index (χ2v) is 6.45. The van der Waals surface area contributed by atoms with Crippen molar-refractivity contribution in [2.75, 3.05) is 26.3 Å². The number of nitrogens with zero attached hydrogens (tertiary/aromatic N) is 1. The topological polar surface area (TPSA) is 67.6 Å². The number of carbonyl (C=O) groups excluding carboxylic acids is 1. The fourth-order valence-corrected chi connectivity index (χ4v) is 3.23. The van der Waals surface area contributed by atoms with Gasteiger partial charge in [-0.25, -0.2) is 0 Å². The van der Waals surface area contributed by atoms with Crippen molar-refractivity contribution < 1.29 is 9.53 Å². The quantitative estimate of drug-likeness (QED) is 0.840. The summed E-state index contributed by atoms with van der Waals surface area (Å²) in [6.45, 7) is 4.01. The number of hydrogen-bond acceptors (Lipinski definition) is 4. The van der Waals surface area contributed by atoms with Gasteiger partial charge >= 0.3 is 0 Å². The van der Waals surface area contributed by atoms with E-state index in [1.54, 1.807) is 0 Å². The van der Waals surface area contributed by atoms with Crippen LogP contribution in [0.1, 0.15) is 24.8 Å². The Labute approximate surface area is 156 Å². The summed E-state index contributed by atoms with van der Waals surface area (Å²) < 4.78 is 5.30. The van der Waals surface area contributed by atoms with Crippen LogP contribution in [0.2, 0.25) is 0 Å². The molecule has 0 saturated carbocycles. The molecule has 0 aliphatic carbocycles. The van der Waals surface area contributed by atoms with Crippen molar-refractivity contribution in [3.05, 3.63) is 35.9 Å². The zero-order valence-corrected chi connectivity index (χ0v) is 15.4. The van der Waals surface area contributed by atoms with Crippen LogP contribution in [0.5, 0.6) is 0 Å². The van der Waals surface area contributed by atoms with E-state index in [2.05, 4.69) is 34.5 Å². The van der Waals surface area contributed by atoms with Gasteiger partial charge < -0.3 is 15.8 Å². The fraction of sp³-hybridized carbons (Fsp3) is 0.588. The number of halogens is 2. The Bertz CT molecular complexity index is 510. The first-order chi connectivity index (χ1) is 10.7. The standard InChI is InChI=1S/C17H25N3O2.2ClH/c18-17(7-10-22-11-8-17)16(21)19-15-6-9-20(13-15)12-14-4-2-1-3-5-14;;/h1-5,15H,6-13,18H2,(H,19,21);2*1H. The maximum atomic E-state index is 12.4. The molecule has 1 amide bonds. The van der Waals surface area contributed by atoms with Crippen molar-refractivity contribution in [3.63, 3.8) is 0 Å². The minimum Gasteiger partial charge on any atom is -0.381 e. The summed E-state index contributed by atoms with van der Waals surface area (Å²) in [5, 5.41) is 3.14. The highest BCUT2D eigenvalue weighted by Gasteiger charge is 2.37. The zero-order valence-electron chi connectivity index (χ0n) is 13.8. The molecule has 2 heterocycles. The lowest BCUT2D eigenvalue weighted by Crippen LogP contribution is -2.58. The number of nitrogens with one attached hydrogen (secondary N) is 1. The molecule has 5 nitrogen and oxygen atoms in total. The molecule has 1 unspecified atom stereocenters. The molecule has 1 aromatic carbocycles. The van der Waals surface area contributed by atoms with E-state index >= 15 is 0 Å². The number of nitrogens with two attached hydrogens (primary N) is 1. The van der Waals surface area contributed by atoms with Crippen LogP contribution in [0.4, 0.5) is 0 Å². The van der Waals surface area contributed by atoms with E-state index in [1.807, 2.05) is 6.07 Å². The van der Waals surface area contributed by atoms with Gasteiger partial charge in [-0.3, -0.25) is 9.69 Å². The molecule has 3 N–H and O–H groups in total. The van der Waals surface area contributed by atoms with Gasteiger partial charge in [-0.05, 0) is 24.8 Å². The maximum absolute atomic E-state index is 12.4. The second-order valence-electron chi connectivity index (χ2n) is 6.45. The summed E-state index contributed by atoms with van der Waals surface area (Å²) >= 11 is 0. The highest BCUT2D eigenvalue weighted by molar-refractivity contribution is 5.86. The molecule has 7 heteroatoms. The maximum Gasteiger partial charge on any atom is 0.240 e. The van der Waals surface area contributed by atoms with Gasteiger partial charge in [0.15, 0.2) is 0 Å². The van der Waals surface area contributed by atoms with Crippen LogP contribution in [0, 0.1) is 0 Å². The van der Waals surface area contributed by atoms with Gasteiger partial charge in [-0.2, -0.15) is 0 Å². The molecule has 0 aromatic heterocycles. The molecule has 1 atom stereocenters. The Morgan fingerprint density at radius 2 is 1.92 bits per heavy atom. The molecule has 2 fully saturated rings. The predicted octanol–water partition coefficient (Wildman–Crippen LogP) is 1.73. The van der Waals surface area contributed by atoms with Crippen molar-refractivity contribution in [1.29, 1.82) is 0 Å². The SMILES string of the molecule is Cl.Cl.NC1(C(=O)NC2CCN(Cc3ccccc3)C2)CCOCC1. The van der Waals surface area contributed by atoms with Gasteiger partial charge in [0.1, 0.15) is 0 Å².